The Bertz CT molecular complexity index is 1730. The van der Waals surface area contributed by atoms with Crippen LogP contribution in [0, 0.1) is 5.82 Å². The largest absolute Gasteiger partial charge is 0.324 e. The SMILES string of the molecule is O=C(Nc1cccc(-c2nc3sccn3c2-c2ccnc(Nc3cccc(F)c3)n2)c1)c1ccccc1. The second kappa shape index (κ2) is 9.63. The van der Waals surface area contributed by atoms with Gasteiger partial charge in [-0.25, -0.2) is 19.3 Å². The topological polar surface area (TPSA) is 84.2 Å². The van der Waals surface area contributed by atoms with Gasteiger partial charge < -0.3 is 10.6 Å². The molecule has 0 spiro atoms. The summed E-state index contributed by atoms with van der Waals surface area (Å²) >= 11 is 1.51. The number of halogens is 1. The van der Waals surface area contributed by atoms with Crippen molar-refractivity contribution in [1.29, 1.82) is 0 Å². The van der Waals surface area contributed by atoms with Crippen LogP contribution >= 0.6 is 11.3 Å². The number of rotatable bonds is 6. The molecule has 0 radical (unpaired) electrons. The Morgan fingerprint density at radius 3 is 2.59 bits per heavy atom. The number of amides is 1. The number of benzene rings is 3. The normalized spacial score (nSPS) is 10.9. The molecule has 6 rings (SSSR count). The van der Waals surface area contributed by atoms with Crippen molar-refractivity contribution in [3.05, 3.63) is 114 Å². The van der Waals surface area contributed by atoms with Gasteiger partial charge in [0.05, 0.1) is 11.4 Å². The summed E-state index contributed by atoms with van der Waals surface area (Å²) < 4.78 is 15.6. The Balaban J connectivity index is 1.37. The number of thiazole rings is 1. The van der Waals surface area contributed by atoms with Gasteiger partial charge in [0.15, 0.2) is 4.96 Å². The summed E-state index contributed by atoms with van der Waals surface area (Å²) in [7, 11) is 0. The Morgan fingerprint density at radius 1 is 0.892 bits per heavy atom. The van der Waals surface area contributed by atoms with E-state index in [-0.39, 0.29) is 11.7 Å². The fourth-order valence-electron chi connectivity index (χ4n) is 4.01. The van der Waals surface area contributed by atoms with Gasteiger partial charge in [-0.2, -0.15) is 0 Å². The van der Waals surface area contributed by atoms with Gasteiger partial charge >= 0.3 is 0 Å². The maximum absolute atomic E-state index is 13.6. The fourth-order valence-corrected chi connectivity index (χ4v) is 4.73. The molecule has 0 fully saturated rings. The fraction of sp³-hybridized carbons (Fsp3) is 0. The number of hydrogen-bond acceptors (Lipinski definition) is 6. The van der Waals surface area contributed by atoms with E-state index in [2.05, 4.69) is 15.6 Å². The smallest absolute Gasteiger partial charge is 0.255 e. The van der Waals surface area contributed by atoms with E-state index >= 15 is 0 Å². The average molecular weight is 507 g/mol. The van der Waals surface area contributed by atoms with E-state index in [1.165, 1.54) is 23.5 Å². The zero-order chi connectivity index (χ0) is 25.2. The monoisotopic (exact) mass is 506 g/mol. The predicted octanol–water partition coefficient (Wildman–Crippen LogP) is 6.65. The molecule has 7 nitrogen and oxygen atoms in total. The number of imidazole rings is 1. The minimum atomic E-state index is -0.349. The first-order valence-electron chi connectivity index (χ1n) is 11.4. The minimum Gasteiger partial charge on any atom is -0.324 e. The molecule has 6 aromatic rings. The van der Waals surface area contributed by atoms with E-state index in [1.54, 1.807) is 30.5 Å². The summed E-state index contributed by atoms with van der Waals surface area (Å²) in [5, 5.41) is 7.97. The Kier molecular flexibility index (Phi) is 5.88. The third-order valence-electron chi connectivity index (χ3n) is 5.67. The first kappa shape index (κ1) is 22.6. The van der Waals surface area contributed by atoms with E-state index in [0.717, 1.165) is 21.9 Å². The summed E-state index contributed by atoms with van der Waals surface area (Å²) in [6, 6.07) is 24.6. The number of carbonyl (C=O) groups is 1. The Morgan fingerprint density at radius 2 is 1.73 bits per heavy atom. The van der Waals surface area contributed by atoms with E-state index in [4.69, 9.17) is 9.97 Å². The lowest BCUT2D eigenvalue weighted by Gasteiger charge is -2.09. The predicted molar refractivity (Wildman–Crippen MR) is 144 cm³/mol. The second-order valence-corrected chi connectivity index (χ2v) is 9.04. The van der Waals surface area contributed by atoms with Crippen LogP contribution in [0.4, 0.5) is 21.7 Å². The summed E-state index contributed by atoms with van der Waals surface area (Å²) in [5.74, 6) is -0.200. The zero-order valence-electron chi connectivity index (χ0n) is 19.3. The van der Waals surface area contributed by atoms with E-state index < -0.39 is 0 Å². The number of nitrogens with zero attached hydrogens (tertiary/aromatic N) is 4. The molecule has 0 aliphatic rings. The van der Waals surface area contributed by atoms with Crippen molar-refractivity contribution in [2.75, 3.05) is 10.6 Å². The number of nitrogens with one attached hydrogen (secondary N) is 2. The van der Waals surface area contributed by atoms with Crippen LogP contribution in [-0.4, -0.2) is 25.3 Å². The number of anilines is 3. The van der Waals surface area contributed by atoms with Crippen LogP contribution in [0.2, 0.25) is 0 Å². The summed E-state index contributed by atoms with van der Waals surface area (Å²) in [6.45, 7) is 0. The van der Waals surface area contributed by atoms with Gasteiger partial charge in [0.2, 0.25) is 5.95 Å². The van der Waals surface area contributed by atoms with Gasteiger partial charge in [0.1, 0.15) is 11.5 Å². The van der Waals surface area contributed by atoms with E-state index in [1.807, 2.05) is 64.5 Å². The highest BCUT2D eigenvalue weighted by Gasteiger charge is 2.19. The second-order valence-electron chi connectivity index (χ2n) is 8.17. The zero-order valence-corrected chi connectivity index (χ0v) is 20.1. The number of aromatic nitrogens is 4. The lowest BCUT2D eigenvalue weighted by molar-refractivity contribution is 0.102. The van der Waals surface area contributed by atoms with Crippen LogP contribution in [-0.2, 0) is 0 Å². The lowest BCUT2D eigenvalue weighted by atomic mass is 10.1. The van der Waals surface area contributed by atoms with Crippen molar-refractivity contribution >= 4 is 39.5 Å². The maximum Gasteiger partial charge on any atom is 0.255 e. The highest BCUT2D eigenvalue weighted by Crippen LogP contribution is 2.34. The molecule has 0 aliphatic heterocycles. The molecular formula is C28H19FN6OS. The first-order chi connectivity index (χ1) is 18.1. The Labute approximate surface area is 215 Å². The molecule has 37 heavy (non-hydrogen) atoms. The molecule has 9 heteroatoms. The van der Waals surface area contributed by atoms with Gasteiger partial charge in [0.25, 0.3) is 5.91 Å². The van der Waals surface area contributed by atoms with Crippen LogP contribution in [0.1, 0.15) is 10.4 Å². The summed E-state index contributed by atoms with van der Waals surface area (Å²) in [5.41, 5.74) is 4.77. The molecule has 0 atom stereocenters. The number of carbonyl (C=O) groups excluding carboxylic acids is 1. The highest BCUT2D eigenvalue weighted by molar-refractivity contribution is 7.15. The standard InChI is InChI=1S/C28H19FN6OS/c29-20-9-5-11-22(17-20)32-27-30-13-12-23(33-27)25-24(34-28-35(25)14-15-37-28)19-8-4-10-21(16-19)31-26(36)18-6-2-1-3-7-18/h1-17H,(H,31,36)(H,30,32,33). The van der Waals surface area contributed by atoms with E-state index in [0.29, 0.717) is 28.6 Å². The van der Waals surface area contributed by atoms with Gasteiger partial charge in [-0.15, -0.1) is 11.3 Å². The lowest BCUT2D eigenvalue weighted by Crippen LogP contribution is -2.11. The van der Waals surface area contributed by atoms with Gasteiger partial charge in [-0.05, 0) is 48.5 Å². The average Bonchev–Trinajstić information content (AvgIpc) is 3.51. The minimum absolute atomic E-state index is 0.187. The van der Waals surface area contributed by atoms with Crippen molar-refractivity contribution in [1.82, 2.24) is 19.4 Å². The van der Waals surface area contributed by atoms with Crippen LogP contribution < -0.4 is 10.6 Å². The molecule has 0 bridgehead atoms. The molecule has 0 unspecified atom stereocenters. The third-order valence-corrected chi connectivity index (χ3v) is 6.43. The van der Waals surface area contributed by atoms with Crippen molar-refractivity contribution in [3.8, 4) is 22.6 Å². The molecule has 2 N–H and O–H groups in total. The quantitative estimate of drug-likeness (QED) is 0.264. The van der Waals surface area contributed by atoms with Gasteiger partial charge in [-0.1, -0.05) is 36.4 Å². The van der Waals surface area contributed by atoms with Crippen molar-refractivity contribution in [2.45, 2.75) is 0 Å². The molecule has 3 heterocycles. The summed E-state index contributed by atoms with van der Waals surface area (Å²) in [6.07, 6.45) is 3.59. The number of fused-ring (bicyclic) bond motifs is 1. The van der Waals surface area contributed by atoms with Crippen molar-refractivity contribution < 1.29 is 9.18 Å². The molecule has 3 aromatic carbocycles. The Hall–Kier alpha value is -4.89. The number of hydrogen-bond donors (Lipinski definition) is 2. The molecule has 0 saturated heterocycles. The summed E-state index contributed by atoms with van der Waals surface area (Å²) in [4.78, 5) is 27.3. The third kappa shape index (κ3) is 4.67. The highest BCUT2D eigenvalue weighted by atomic mass is 32.1. The van der Waals surface area contributed by atoms with E-state index in [9.17, 15) is 9.18 Å². The molecule has 0 saturated carbocycles. The molecular weight excluding hydrogens is 487 g/mol. The van der Waals surface area contributed by atoms with Crippen LogP contribution in [0.5, 0.6) is 0 Å². The molecule has 1 amide bonds. The molecule has 3 aromatic heterocycles. The van der Waals surface area contributed by atoms with Crippen LogP contribution in [0.25, 0.3) is 27.6 Å². The van der Waals surface area contributed by atoms with Gasteiger partial charge in [0, 0.05) is 40.3 Å². The van der Waals surface area contributed by atoms with Gasteiger partial charge in [-0.3, -0.25) is 9.20 Å². The van der Waals surface area contributed by atoms with Crippen molar-refractivity contribution in [3.63, 3.8) is 0 Å². The van der Waals surface area contributed by atoms with Crippen LogP contribution in [0.3, 0.4) is 0 Å². The molecule has 0 aliphatic carbocycles. The van der Waals surface area contributed by atoms with Crippen LogP contribution in [0.15, 0.2) is 103 Å². The van der Waals surface area contributed by atoms with Crippen molar-refractivity contribution in [2.24, 2.45) is 0 Å². The maximum atomic E-state index is 13.6. The molecule has 180 valence electrons. The first-order valence-corrected chi connectivity index (χ1v) is 12.3.